The Morgan fingerprint density at radius 1 is 1.10 bits per heavy atom. The maximum absolute atomic E-state index is 12.7. The van der Waals surface area contributed by atoms with Crippen molar-refractivity contribution in [3.63, 3.8) is 0 Å². The van der Waals surface area contributed by atoms with Crippen molar-refractivity contribution in [1.29, 1.82) is 0 Å². The third-order valence-electron chi connectivity index (χ3n) is 2.56. The van der Waals surface area contributed by atoms with Gasteiger partial charge in [-0.2, -0.15) is 5.10 Å². The van der Waals surface area contributed by atoms with Gasteiger partial charge in [0.05, 0.1) is 6.21 Å². The van der Waals surface area contributed by atoms with Crippen molar-refractivity contribution in [3.8, 4) is 0 Å². The van der Waals surface area contributed by atoms with Gasteiger partial charge in [0.2, 0.25) is 0 Å². The highest BCUT2D eigenvalue weighted by molar-refractivity contribution is 7.80. The number of nitrogens with one attached hydrogen (secondary N) is 2. The van der Waals surface area contributed by atoms with Gasteiger partial charge < -0.3 is 5.32 Å². The number of hydrogen-bond acceptors (Lipinski definition) is 2. The van der Waals surface area contributed by atoms with E-state index in [2.05, 4.69) is 15.8 Å². The fourth-order valence-corrected chi connectivity index (χ4v) is 1.68. The lowest BCUT2D eigenvalue weighted by atomic mass is 10.2. The molecule has 2 rings (SSSR count). The summed E-state index contributed by atoms with van der Waals surface area (Å²) < 4.78 is 12.7. The molecular weight excluding hydrogens is 273 g/mol. The number of anilines is 1. The van der Waals surface area contributed by atoms with Crippen molar-refractivity contribution >= 4 is 29.2 Å². The van der Waals surface area contributed by atoms with Gasteiger partial charge in [0.15, 0.2) is 5.11 Å². The van der Waals surface area contributed by atoms with Gasteiger partial charge in [-0.1, -0.05) is 29.8 Å². The van der Waals surface area contributed by atoms with Gasteiger partial charge in [0.25, 0.3) is 0 Å². The normalized spacial score (nSPS) is 10.5. The topological polar surface area (TPSA) is 36.4 Å². The molecule has 3 nitrogen and oxygen atoms in total. The maximum Gasteiger partial charge on any atom is 0.191 e. The summed E-state index contributed by atoms with van der Waals surface area (Å²) in [6, 6.07) is 13.9. The van der Waals surface area contributed by atoms with Crippen LogP contribution in [-0.4, -0.2) is 11.3 Å². The number of thiocarbonyl (C=S) groups is 1. The van der Waals surface area contributed by atoms with Crippen molar-refractivity contribution in [2.75, 3.05) is 5.32 Å². The first-order valence-electron chi connectivity index (χ1n) is 6.06. The van der Waals surface area contributed by atoms with Gasteiger partial charge >= 0.3 is 0 Å². The van der Waals surface area contributed by atoms with Crippen molar-refractivity contribution in [1.82, 2.24) is 5.43 Å². The van der Waals surface area contributed by atoms with Crippen LogP contribution in [0.5, 0.6) is 0 Å². The monoisotopic (exact) mass is 287 g/mol. The van der Waals surface area contributed by atoms with E-state index >= 15 is 0 Å². The van der Waals surface area contributed by atoms with Crippen molar-refractivity contribution in [2.24, 2.45) is 5.10 Å². The molecule has 0 aliphatic carbocycles. The van der Waals surface area contributed by atoms with E-state index in [9.17, 15) is 4.39 Å². The predicted octanol–water partition coefficient (Wildman–Crippen LogP) is 3.45. The van der Waals surface area contributed by atoms with Crippen LogP contribution < -0.4 is 10.7 Å². The van der Waals surface area contributed by atoms with Gasteiger partial charge in [-0.05, 0) is 49.0 Å². The smallest absolute Gasteiger partial charge is 0.191 e. The summed E-state index contributed by atoms with van der Waals surface area (Å²) >= 11 is 5.08. The standard InChI is InChI=1S/C15H14FN3S/c1-11-2-4-12(5-3-11)10-17-19-15(20)18-14-8-6-13(16)7-9-14/h2-10H,1H3,(H2,18,19,20). The van der Waals surface area contributed by atoms with Crippen molar-refractivity contribution in [3.05, 3.63) is 65.5 Å². The quantitative estimate of drug-likeness (QED) is 0.516. The van der Waals surface area contributed by atoms with Crippen molar-refractivity contribution in [2.45, 2.75) is 6.92 Å². The highest BCUT2D eigenvalue weighted by Gasteiger charge is 1.96. The number of rotatable bonds is 3. The fourth-order valence-electron chi connectivity index (χ4n) is 1.51. The molecule has 2 aromatic carbocycles. The first-order chi connectivity index (χ1) is 9.63. The molecule has 0 fully saturated rings. The van der Waals surface area contributed by atoms with Crippen LogP contribution in [0, 0.1) is 12.7 Å². The largest absolute Gasteiger partial charge is 0.331 e. The number of hydrazone groups is 1. The van der Waals surface area contributed by atoms with E-state index in [0.29, 0.717) is 10.8 Å². The van der Waals surface area contributed by atoms with Crippen LogP contribution in [0.4, 0.5) is 10.1 Å². The average molecular weight is 287 g/mol. The van der Waals surface area contributed by atoms with Crippen LogP contribution in [0.2, 0.25) is 0 Å². The first-order valence-corrected chi connectivity index (χ1v) is 6.46. The van der Waals surface area contributed by atoms with Gasteiger partial charge in [-0.25, -0.2) is 4.39 Å². The predicted molar refractivity (Wildman–Crippen MR) is 84.5 cm³/mol. The molecule has 0 atom stereocenters. The molecule has 0 bridgehead atoms. The summed E-state index contributed by atoms with van der Waals surface area (Å²) in [5.41, 5.74) is 5.59. The Hall–Kier alpha value is -2.27. The molecule has 0 aliphatic heterocycles. The van der Waals surface area contributed by atoms with Gasteiger partial charge in [0, 0.05) is 5.69 Å². The summed E-state index contributed by atoms with van der Waals surface area (Å²) in [6.07, 6.45) is 1.68. The van der Waals surface area contributed by atoms with E-state index in [1.807, 2.05) is 31.2 Å². The summed E-state index contributed by atoms with van der Waals surface area (Å²) in [6.45, 7) is 2.03. The second-order valence-electron chi connectivity index (χ2n) is 4.24. The molecule has 2 aromatic rings. The molecule has 0 radical (unpaired) electrons. The molecule has 20 heavy (non-hydrogen) atoms. The van der Waals surface area contributed by atoms with Crippen LogP contribution in [-0.2, 0) is 0 Å². The highest BCUT2D eigenvalue weighted by Crippen LogP contribution is 2.07. The number of aryl methyl sites for hydroxylation is 1. The Labute approximate surface area is 122 Å². The molecule has 5 heteroatoms. The zero-order valence-electron chi connectivity index (χ0n) is 10.9. The lowest BCUT2D eigenvalue weighted by molar-refractivity contribution is 0.628. The minimum atomic E-state index is -0.285. The summed E-state index contributed by atoms with van der Waals surface area (Å²) in [5, 5.41) is 7.28. The molecule has 0 aromatic heterocycles. The SMILES string of the molecule is Cc1ccc(C=NNC(=S)Nc2ccc(F)cc2)cc1. The minimum absolute atomic E-state index is 0.285. The average Bonchev–Trinajstić information content (AvgIpc) is 2.44. The molecule has 0 heterocycles. The second-order valence-corrected chi connectivity index (χ2v) is 4.65. The number of hydrogen-bond donors (Lipinski definition) is 2. The molecule has 0 unspecified atom stereocenters. The van der Waals surface area contributed by atoms with E-state index in [1.54, 1.807) is 18.3 Å². The van der Waals surface area contributed by atoms with E-state index in [4.69, 9.17) is 12.2 Å². The maximum atomic E-state index is 12.7. The van der Waals surface area contributed by atoms with Crippen LogP contribution in [0.15, 0.2) is 53.6 Å². The minimum Gasteiger partial charge on any atom is -0.331 e. The zero-order valence-corrected chi connectivity index (χ0v) is 11.7. The summed E-state index contributed by atoms with van der Waals surface area (Å²) in [4.78, 5) is 0. The van der Waals surface area contributed by atoms with Crippen LogP contribution in [0.3, 0.4) is 0 Å². The van der Waals surface area contributed by atoms with E-state index in [1.165, 1.54) is 17.7 Å². The molecule has 0 amide bonds. The van der Waals surface area contributed by atoms with Gasteiger partial charge in [-0.15, -0.1) is 0 Å². The Morgan fingerprint density at radius 2 is 1.75 bits per heavy atom. The molecule has 102 valence electrons. The first kappa shape index (κ1) is 14.1. The number of nitrogens with zero attached hydrogens (tertiary/aromatic N) is 1. The van der Waals surface area contributed by atoms with E-state index in [-0.39, 0.29) is 5.82 Å². The molecule has 0 spiro atoms. The Morgan fingerprint density at radius 3 is 2.40 bits per heavy atom. The third-order valence-corrected chi connectivity index (χ3v) is 2.75. The van der Waals surface area contributed by atoms with Crippen LogP contribution in [0.1, 0.15) is 11.1 Å². The Kier molecular flexibility index (Phi) is 4.79. The molecule has 0 saturated carbocycles. The fraction of sp³-hybridized carbons (Fsp3) is 0.0667. The molecular formula is C15H14FN3S. The number of benzene rings is 2. The second kappa shape index (κ2) is 6.77. The number of halogens is 1. The van der Waals surface area contributed by atoms with Crippen LogP contribution in [0.25, 0.3) is 0 Å². The summed E-state index contributed by atoms with van der Waals surface area (Å²) in [7, 11) is 0. The Bertz CT molecular complexity index is 606. The van der Waals surface area contributed by atoms with Gasteiger partial charge in [0.1, 0.15) is 5.82 Å². The van der Waals surface area contributed by atoms with E-state index < -0.39 is 0 Å². The molecule has 2 N–H and O–H groups in total. The zero-order chi connectivity index (χ0) is 14.4. The lowest BCUT2D eigenvalue weighted by Gasteiger charge is -2.06. The third kappa shape index (κ3) is 4.44. The van der Waals surface area contributed by atoms with Gasteiger partial charge in [-0.3, -0.25) is 5.43 Å². The molecule has 0 aliphatic rings. The van der Waals surface area contributed by atoms with Crippen molar-refractivity contribution < 1.29 is 4.39 Å². The highest BCUT2D eigenvalue weighted by atomic mass is 32.1. The lowest BCUT2D eigenvalue weighted by Crippen LogP contribution is -2.23. The summed E-state index contributed by atoms with van der Waals surface area (Å²) in [5.74, 6) is -0.285. The molecule has 0 saturated heterocycles. The Balaban J connectivity index is 1.85. The van der Waals surface area contributed by atoms with E-state index in [0.717, 1.165) is 5.56 Å². The van der Waals surface area contributed by atoms with Crippen LogP contribution >= 0.6 is 12.2 Å².